The standard InChI is InChI=1S/C10H14IN3S/c1-2-8-6-14(3-4-15-8)10-9(11)5-12-7-13-10/h5,7-8H,2-4,6H2,1H3. The molecule has 15 heavy (non-hydrogen) atoms. The van der Waals surface area contributed by atoms with Crippen LogP contribution in [0.2, 0.25) is 0 Å². The van der Waals surface area contributed by atoms with Crippen molar-refractivity contribution in [1.29, 1.82) is 0 Å². The lowest BCUT2D eigenvalue weighted by atomic mass is 10.3. The Hall–Kier alpha value is -0.0400. The van der Waals surface area contributed by atoms with Crippen LogP contribution in [0.5, 0.6) is 0 Å². The van der Waals surface area contributed by atoms with E-state index in [1.54, 1.807) is 6.33 Å². The van der Waals surface area contributed by atoms with E-state index in [2.05, 4.69) is 56.1 Å². The molecule has 0 aliphatic carbocycles. The number of rotatable bonds is 2. The molecule has 2 rings (SSSR count). The third-order valence-electron chi connectivity index (χ3n) is 2.54. The minimum atomic E-state index is 0.754. The van der Waals surface area contributed by atoms with Gasteiger partial charge in [-0.3, -0.25) is 0 Å². The molecule has 5 heteroatoms. The van der Waals surface area contributed by atoms with Crippen molar-refractivity contribution in [2.45, 2.75) is 18.6 Å². The highest BCUT2D eigenvalue weighted by atomic mass is 127. The van der Waals surface area contributed by atoms with E-state index in [1.165, 1.54) is 12.2 Å². The Labute approximate surface area is 108 Å². The summed E-state index contributed by atoms with van der Waals surface area (Å²) in [6.45, 7) is 4.48. The van der Waals surface area contributed by atoms with Gasteiger partial charge in [0.05, 0.1) is 3.57 Å². The summed E-state index contributed by atoms with van der Waals surface area (Å²) in [6, 6.07) is 0. The van der Waals surface area contributed by atoms with Crippen LogP contribution >= 0.6 is 34.4 Å². The summed E-state index contributed by atoms with van der Waals surface area (Å²) in [5.41, 5.74) is 0. The van der Waals surface area contributed by atoms with E-state index in [0.717, 1.165) is 27.7 Å². The Balaban J connectivity index is 2.13. The van der Waals surface area contributed by atoms with E-state index < -0.39 is 0 Å². The zero-order valence-corrected chi connectivity index (χ0v) is 11.7. The third-order valence-corrected chi connectivity index (χ3v) is 4.67. The first-order valence-electron chi connectivity index (χ1n) is 5.13. The summed E-state index contributed by atoms with van der Waals surface area (Å²) in [4.78, 5) is 10.8. The molecule has 1 aliphatic rings. The monoisotopic (exact) mass is 335 g/mol. The molecule has 1 aliphatic heterocycles. The maximum absolute atomic E-state index is 4.37. The van der Waals surface area contributed by atoms with Crippen molar-refractivity contribution in [1.82, 2.24) is 9.97 Å². The predicted octanol–water partition coefficient (Wildman–Crippen LogP) is 2.41. The van der Waals surface area contributed by atoms with Gasteiger partial charge in [-0.2, -0.15) is 11.8 Å². The molecule has 1 saturated heterocycles. The fourth-order valence-corrected chi connectivity index (χ4v) is 3.52. The highest BCUT2D eigenvalue weighted by Gasteiger charge is 2.21. The highest BCUT2D eigenvalue weighted by molar-refractivity contribution is 14.1. The van der Waals surface area contributed by atoms with Crippen LogP contribution in [0.4, 0.5) is 5.82 Å². The van der Waals surface area contributed by atoms with Crippen molar-refractivity contribution in [2.75, 3.05) is 23.7 Å². The first kappa shape index (κ1) is 11.4. The Kier molecular flexibility index (Phi) is 4.07. The molecule has 0 radical (unpaired) electrons. The molecule has 1 atom stereocenters. The van der Waals surface area contributed by atoms with Gasteiger partial charge in [-0.1, -0.05) is 6.92 Å². The van der Waals surface area contributed by atoms with E-state index in [1.807, 2.05) is 6.20 Å². The van der Waals surface area contributed by atoms with E-state index in [-0.39, 0.29) is 0 Å². The molecule has 0 saturated carbocycles. The van der Waals surface area contributed by atoms with E-state index >= 15 is 0 Å². The molecule has 0 spiro atoms. The smallest absolute Gasteiger partial charge is 0.145 e. The maximum atomic E-state index is 4.37. The number of nitrogens with zero attached hydrogens (tertiary/aromatic N) is 3. The molecule has 82 valence electrons. The van der Waals surface area contributed by atoms with Crippen molar-refractivity contribution in [3.63, 3.8) is 0 Å². The summed E-state index contributed by atoms with van der Waals surface area (Å²) < 4.78 is 1.15. The van der Waals surface area contributed by atoms with Gasteiger partial charge >= 0.3 is 0 Å². The quantitative estimate of drug-likeness (QED) is 0.777. The van der Waals surface area contributed by atoms with E-state index in [4.69, 9.17) is 0 Å². The molecule has 0 aromatic carbocycles. The Morgan fingerprint density at radius 3 is 3.27 bits per heavy atom. The van der Waals surface area contributed by atoms with Crippen molar-refractivity contribution in [3.05, 3.63) is 16.1 Å². The first-order valence-corrected chi connectivity index (χ1v) is 7.26. The van der Waals surface area contributed by atoms with Crippen molar-refractivity contribution in [2.24, 2.45) is 0 Å². The Morgan fingerprint density at radius 1 is 1.67 bits per heavy atom. The second kappa shape index (κ2) is 5.34. The second-order valence-electron chi connectivity index (χ2n) is 3.54. The van der Waals surface area contributed by atoms with Gasteiger partial charge < -0.3 is 4.90 Å². The number of aromatic nitrogens is 2. The summed E-state index contributed by atoms with van der Waals surface area (Å²) in [5, 5.41) is 0.754. The van der Waals surface area contributed by atoms with Gasteiger partial charge in [0.1, 0.15) is 12.1 Å². The number of anilines is 1. The normalized spacial score (nSPS) is 21.7. The van der Waals surface area contributed by atoms with Crippen LogP contribution in [0, 0.1) is 3.57 Å². The second-order valence-corrected chi connectivity index (χ2v) is 6.11. The fourth-order valence-electron chi connectivity index (χ4n) is 1.70. The van der Waals surface area contributed by atoms with Crippen LogP contribution in [0.25, 0.3) is 0 Å². The summed E-state index contributed by atoms with van der Waals surface area (Å²) >= 11 is 4.39. The Morgan fingerprint density at radius 2 is 2.53 bits per heavy atom. The van der Waals surface area contributed by atoms with Crippen LogP contribution in [0.3, 0.4) is 0 Å². The molecule has 1 fully saturated rings. The molecule has 0 N–H and O–H groups in total. The lowest BCUT2D eigenvalue weighted by Crippen LogP contribution is -2.38. The number of hydrogen-bond donors (Lipinski definition) is 0. The lowest BCUT2D eigenvalue weighted by molar-refractivity contribution is 0.717. The van der Waals surface area contributed by atoms with Gasteiger partial charge in [-0.25, -0.2) is 9.97 Å². The predicted molar refractivity (Wildman–Crippen MR) is 73.5 cm³/mol. The van der Waals surface area contributed by atoms with Gasteiger partial charge in [0.25, 0.3) is 0 Å². The Bertz CT molecular complexity index is 334. The van der Waals surface area contributed by atoms with E-state index in [0.29, 0.717) is 0 Å². The molecule has 1 unspecified atom stereocenters. The third kappa shape index (κ3) is 2.75. The van der Waals surface area contributed by atoms with Gasteiger partial charge in [-0.05, 0) is 29.0 Å². The minimum absolute atomic E-state index is 0.754. The molecule has 2 heterocycles. The van der Waals surface area contributed by atoms with Crippen LogP contribution < -0.4 is 4.90 Å². The first-order chi connectivity index (χ1) is 7.31. The van der Waals surface area contributed by atoms with Gasteiger partial charge in [0.2, 0.25) is 0 Å². The fraction of sp³-hybridized carbons (Fsp3) is 0.600. The topological polar surface area (TPSA) is 29.0 Å². The summed E-state index contributed by atoms with van der Waals surface area (Å²) in [7, 11) is 0. The van der Waals surface area contributed by atoms with Gasteiger partial charge in [0.15, 0.2) is 0 Å². The number of thioether (sulfide) groups is 1. The average molecular weight is 335 g/mol. The maximum Gasteiger partial charge on any atom is 0.145 e. The molecular weight excluding hydrogens is 321 g/mol. The largest absolute Gasteiger partial charge is 0.354 e. The average Bonchev–Trinajstić information content (AvgIpc) is 2.30. The van der Waals surface area contributed by atoms with E-state index in [9.17, 15) is 0 Å². The molecule has 3 nitrogen and oxygen atoms in total. The van der Waals surface area contributed by atoms with Crippen molar-refractivity contribution in [3.8, 4) is 0 Å². The van der Waals surface area contributed by atoms with Gasteiger partial charge in [0, 0.05) is 30.3 Å². The van der Waals surface area contributed by atoms with Crippen LogP contribution in [-0.2, 0) is 0 Å². The molecule has 0 amide bonds. The SMILES string of the molecule is CCC1CN(c2ncncc2I)CCS1. The lowest BCUT2D eigenvalue weighted by Gasteiger charge is -2.33. The van der Waals surface area contributed by atoms with Gasteiger partial charge in [-0.15, -0.1) is 0 Å². The van der Waals surface area contributed by atoms with Crippen molar-refractivity contribution >= 4 is 40.2 Å². The molecular formula is C10H14IN3S. The highest BCUT2D eigenvalue weighted by Crippen LogP contribution is 2.26. The minimum Gasteiger partial charge on any atom is -0.354 e. The zero-order chi connectivity index (χ0) is 10.7. The number of hydrogen-bond acceptors (Lipinski definition) is 4. The summed E-state index contributed by atoms with van der Waals surface area (Å²) in [5.74, 6) is 2.31. The molecule has 1 aromatic rings. The van der Waals surface area contributed by atoms with Crippen LogP contribution in [0.15, 0.2) is 12.5 Å². The zero-order valence-electron chi connectivity index (χ0n) is 8.69. The molecule has 1 aromatic heterocycles. The number of halogens is 1. The summed E-state index contributed by atoms with van der Waals surface area (Å²) in [6.07, 6.45) is 4.76. The van der Waals surface area contributed by atoms with Crippen LogP contribution in [0.1, 0.15) is 13.3 Å². The van der Waals surface area contributed by atoms with Crippen molar-refractivity contribution < 1.29 is 0 Å². The molecule has 0 bridgehead atoms. The van der Waals surface area contributed by atoms with Crippen LogP contribution in [-0.4, -0.2) is 34.1 Å².